The van der Waals surface area contributed by atoms with Crippen molar-refractivity contribution < 1.29 is 18.9 Å². The van der Waals surface area contributed by atoms with Gasteiger partial charge in [0, 0.05) is 17.9 Å². The van der Waals surface area contributed by atoms with Gasteiger partial charge >= 0.3 is 0 Å². The standard InChI is InChI=1S/C20H27ClO4/c1-4-11-20(12-5-2)24-18-17(16(6-3)23-19(18)25-20)22-13-14-9-7-8-10-15(14)21/h6-10,16-19H,3-5,11-13H2,1-2H3/t16-,17+,18-,19-/m1/s1. The number of ether oxygens (including phenoxy) is 4. The molecule has 2 saturated heterocycles. The molecule has 25 heavy (non-hydrogen) atoms. The number of halogens is 1. The molecule has 138 valence electrons. The summed E-state index contributed by atoms with van der Waals surface area (Å²) in [5, 5.41) is 0.697. The Morgan fingerprint density at radius 1 is 1.20 bits per heavy atom. The van der Waals surface area contributed by atoms with Crippen LogP contribution in [-0.4, -0.2) is 30.4 Å². The third-order valence-corrected chi connectivity index (χ3v) is 5.14. The molecule has 0 radical (unpaired) electrons. The van der Waals surface area contributed by atoms with Gasteiger partial charge in [-0.25, -0.2) is 0 Å². The van der Waals surface area contributed by atoms with Crippen molar-refractivity contribution in [3.05, 3.63) is 47.5 Å². The maximum Gasteiger partial charge on any atom is 0.190 e. The van der Waals surface area contributed by atoms with E-state index in [1.807, 2.05) is 24.3 Å². The molecule has 3 rings (SSSR count). The lowest BCUT2D eigenvalue weighted by molar-refractivity contribution is -0.238. The van der Waals surface area contributed by atoms with Crippen molar-refractivity contribution in [2.75, 3.05) is 0 Å². The molecular formula is C20H27ClO4. The molecule has 1 aromatic carbocycles. The highest BCUT2D eigenvalue weighted by Crippen LogP contribution is 2.43. The summed E-state index contributed by atoms with van der Waals surface area (Å²) in [6.07, 6.45) is 4.30. The molecule has 0 saturated carbocycles. The minimum atomic E-state index is -0.559. The Morgan fingerprint density at radius 2 is 1.92 bits per heavy atom. The molecule has 1 aromatic rings. The summed E-state index contributed by atoms with van der Waals surface area (Å²) in [7, 11) is 0. The summed E-state index contributed by atoms with van der Waals surface area (Å²) in [5.41, 5.74) is 0.947. The van der Waals surface area contributed by atoms with E-state index in [1.165, 1.54) is 0 Å². The summed E-state index contributed by atoms with van der Waals surface area (Å²) >= 11 is 6.23. The molecule has 2 aliphatic heterocycles. The highest BCUT2D eigenvalue weighted by Gasteiger charge is 2.57. The Kier molecular flexibility index (Phi) is 6.18. The Morgan fingerprint density at radius 3 is 2.56 bits per heavy atom. The molecule has 0 aromatic heterocycles. The first kappa shape index (κ1) is 18.9. The van der Waals surface area contributed by atoms with Crippen LogP contribution in [0.5, 0.6) is 0 Å². The maximum absolute atomic E-state index is 6.36. The zero-order valence-corrected chi connectivity index (χ0v) is 15.7. The minimum Gasteiger partial charge on any atom is -0.367 e. The average Bonchev–Trinajstić information content (AvgIpc) is 3.09. The van der Waals surface area contributed by atoms with Crippen molar-refractivity contribution in [2.24, 2.45) is 0 Å². The largest absolute Gasteiger partial charge is 0.367 e. The molecule has 0 spiro atoms. The van der Waals surface area contributed by atoms with Gasteiger partial charge in [0.25, 0.3) is 0 Å². The maximum atomic E-state index is 6.36. The Balaban J connectivity index is 1.71. The van der Waals surface area contributed by atoms with Crippen molar-refractivity contribution in [1.82, 2.24) is 0 Å². The van der Waals surface area contributed by atoms with Gasteiger partial charge in [0.2, 0.25) is 0 Å². The summed E-state index contributed by atoms with van der Waals surface area (Å²) in [6, 6.07) is 7.68. The SMILES string of the molecule is C=C[C@H]1O[C@@H]2OC(CCC)(CCC)O[C@@H]2[C@H]1OCc1ccccc1Cl. The Bertz CT molecular complexity index is 585. The molecule has 0 N–H and O–H groups in total. The molecule has 0 unspecified atom stereocenters. The zero-order valence-electron chi connectivity index (χ0n) is 14.9. The van der Waals surface area contributed by atoms with Crippen LogP contribution in [0.3, 0.4) is 0 Å². The van der Waals surface area contributed by atoms with Crippen LogP contribution in [-0.2, 0) is 25.6 Å². The smallest absolute Gasteiger partial charge is 0.190 e. The van der Waals surface area contributed by atoms with Gasteiger partial charge in [0.15, 0.2) is 12.1 Å². The highest BCUT2D eigenvalue weighted by molar-refractivity contribution is 6.31. The molecule has 4 atom stereocenters. The summed E-state index contributed by atoms with van der Waals surface area (Å²) in [5.74, 6) is -0.559. The van der Waals surface area contributed by atoms with E-state index in [0.717, 1.165) is 31.2 Å². The minimum absolute atomic E-state index is 0.247. The van der Waals surface area contributed by atoms with Crippen molar-refractivity contribution >= 4 is 11.6 Å². The van der Waals surface area contributed by atoms with Crippen molar-refractivity contribution in [3.63, 3.8) is 0 Å². The first-order valence-electron chi connectivity index (χ1n) is 9.11. The summed E-state index contributed by atoms with van der Waals surface area (Å²) in [4.78, 5) is 0. The third-order valence-electron chi connectivity index (χ3n) is 4.77. The van der Waals surface area contributed by atoms with E-state index in [4.69, 9.17) is 30.5 Å². The van der Waals surface area contributed by atoms with Gasteiger partial charge < -0.3 is 18.9 Å². The van der Waals surface area contributed by atoms with Gasteiger partial charge in [-0.1, -0.05) is 62.6 Å². The van der Waals surface area contributed by atoms with E-state index in [1.54, 1.807) is 6.08 Å². The topological polar surface area (TPSA) is 36.9 Å². The van der Waals surface area contributed by atoms with Crippen LogP contribution in [0, 0.1) is 0 Å². The molecule has 0 amide bonds. The zero-order chi connectivity index (χ0) is 17.9. The first-order valence-corrected chi connectivity index (χ1v) is 9.49. The van der Waals surface area contributed by atoms with E-state index in [0.29, 0.717) is 11.6 Å². The lowest BCUT2D eigenvalue weighted by Gasteiger charge is -2.30. The molecular weight excluding hydrogens is 340 g/mol. The van der Waals surface area contributed by atoms with Crippen LogP contribution in [0.1, 0.15) is 45.1 Å². The van der Waals surface area contributed by atoms with E-state index < -0.39 is 12.1 Å². The fourth-order valence-electron chi connectivity index (χ4n) is 3.66. The van der Waals surface area contributed by atoms with Crippen molar-refractivity contribution in [3.8, 4) is 0 Å². The fourth-order valence-corrected chi connectivity index (χ4v) is 3.85. The third kappa shape index (κ3) is 3.93. The van der Waals surface area contributed by atoms with Gasteiger partial charge in [-0.3, -0.25) is 0 Å². The highest BCUT2D eigenvalue weighted by atomic mass is 35.5. The molecule has 2 aliphatic rings. The van der Waals surface area contributed by atoms with Gasteiger partial charge in [0.1, 0.15) is 18.3 Å². The van der Waals surface area contributed by atoms with E-state index >= 15 is 0 Å². The summed E-state index contributed by atoms with van der Waals surface area (Å²) in [6.45, 7) is 8.53. The quantitative estimate of drug-likeness (QED) is 0.616. The van der Waals surface area contributed by atoms with Crippen molar-refractivity contribution in [2.45, 2.75) is 76.5 Å². The second-order valence-electron chi connectivity index (χ2n) is 6.68. The number of hydrogen-bond acceptors (Lipinski definition) is 4. The first-order chi connectivity index (χ1) is 12.1. The van der Waals surface area contributed by atoms with Crippen LogP contribution < -0.4 is 0 Å². The van der Waals surface area contributed by atoms with Crippen LogP contribution in [0.15, 0.2) is 36.9 Å². The van der Waals surface area contributed by atoms with E-state index in [9.17, 15) is 0 Å². The number of fused-ring (bicyclic) bond motifs is 1. The molecule has 4 nitrogen and oxygen atoms in total. The Labute approximate surface area is 155 Å². The predicted octanol–water partition coefficient (Wildman–Crippen LogP) is 4.85. The number of rotatable bonds is 8. The van der Waals surface area contributed by atoms with Crippen molar-refractivity contribution in [1.29, 1.82) is 0 Å². The fraction of sp³-hybridized carbons (Fsp3) is 0.600. The predicted molar refractivity (Wildman–Crippen MR) is 97.4 cm³/mol. The lowest BCUT2D eigenvalue weighted by atomic mass is 10.1. The van der Waals surface area contributed by atoms with Crippen LogP contribution in [0.2, 0.25) is 5.02 Å². The van der Waals surface area contributed by atoms with Crippen LogP contribution in [0.4, 0.5) is 0 Å². The Hall–Kier alpha value is -0.910. The summed E-state index contributed by atoms with van der Waals surface area (Å²) < 4.78 is 24.7. The normalized spacial score (nSPS) is 30.4. The molecule has 0 bridgehead atoms. The van der Waals surface area contributed by atoms with Crippen LogP contribution >= 0.6 is 11.6 Å². The molecule has 2 heterocycles. The average molecular weight is 367 g/mol. The number of benzene rings is 1. The molecule has 0 aliphatic carbocycles. The lowest BCUT2D eigenvalue weighted by Crippen LogP contribution is -2.38. The van der Waals surface area contributed by atoms with Crippen LogP contribution in [0.25, 0.3) is 0 Å². The second-order valence-corrected chi connectivity index (χ2v) is 7.09. The van der Waals surface area contributed by atoms with E-state index in [-0.39, 0.29) is 18.3 Å². The van der Waals surface area contributed by atoms with Gasteiger partial charge in [-0.2, -0.15) is 0 Å². The molecule has 2 fully saturated rings. The monoisotopic (exact) mass is 366 g/mol. The van der Waals surface area contributed by atoms with E-state index in [2.05, 4.69) is 20.4 Å². The van der Waals surface area contributed by atoms with Gasteiger partial charge in [-0.15, -0.1) is 6.58 Å². The molecule has 5 heteroatoms. The second kappa shape index (κ2) is 8.19. The van der Waals surface area contributed by atoms with Gasteiger partial charge in [0.05, 0.1) is 6.61 Å². The van der Waals surface area contributed by atoms with Gasteiger partial charge in [-0.05, 0) is 11.6 Å². The number of hydrogen-bond donors (Lipinski definition) is 0.